The summed E-state index contributed by atoms with van der Waals surface area (Å²) < 4.78 is 5.89. The monoisotopic (exact) mass is 403 g/mol. The predicted octanol–water partition coefficient (Wildman–Crippen LogP) is 2.56. The Labute approximate surface area is 173 Å². The van der Waals surface area contributed by atoms with Crippen molar-refractivity contribution in [3.05, 3.63) is 65.2 Å². The van der Waals surface area contributed by atoms with Crippen LogP contribution >= 0.6 is 12.4 Å². The Morgan fingerprint density at radius 1 is 1.11 bits per heavy atom. The molecule has 0 spiro atoms. The van der Waals surface area contributed by atoms with Crippen LogP contribution in [0.2, 0.25) is 0 Å². The van der Waals surface area contributed by atoms with Gasteiger partial charge in [-0.25, -0.2) is 0 Å². The highest BCUT2D eigenvalue weighted by Gasteiger charge is 2.10. The van der Waals surface area contributed by atoms with E-state index in [4.69, 9.17) is 4.74 Å². The lowest BCUT2D eigenvalue weighted by Crippen LogP contribution is -2.46. The van der Waals surface area contributed by atoms with Gasteiger partial charge in [0.05, 0.1) is 6.42 Å². The molecule has 0 aliphatic carbocycles. The summed E-state index contributed by atoms with van der Waals surface area (Å²) in [6.07, 6.45) is 0.378. The van der Waals surface area contributed by atoms with E-state index in [1.807, 2.05) is 30.3 Å². The number of benzene rings is 2. The first kappa shape index (κ1) is 22.2. The lowest BCUT2D eigenvalue weighted by molar-refractivity contribution is -0.120. The molecule has 0 unspecified atom stereocenters. The Morgan fingerprint density at radius 3 is 2.64 bits per heavy atom. The SMILES string of the molecule is Cc1cccc(COc2cccc(CC(=O)NCCN3CCNCC3)c2)c1.Cl. The minimum absolute atomic E-state index is 0. The smallest absolute Gasteiger partial charge is 0.224 e. The van der Waals surface area contributed by atoms with Gasteiger partial charge >= 0.3 is 0 Å². The van der Waals surface area contributed by atoms with Gasteiger partial charge in [-0.05, 0) is 30.2 Å². The zero-order valence-electron chi connectivity index (χ0n) is 16.4. The molecule has 6 heteroatoms. The zero-order chi connectivity index (χ0) is 18.9. The van der Waals surface area contributed by atoms with Crippen molar-refractivity contribution in [2.24, 2.45) is 0 Å². The highest BCUT2D eigenvalue weighted by molar-refractivity contribution is 5.85. The number of hydrogen-bond donors (Lipinski definition) is 2. The lowest BCUT2D eigenvalue weighted by Gasteiger charge is -2.27. The van der Waals surface area contributed by atoms with Crippen LogP contribution in [-0.2, 0) is 17.8 Å². The summed E-state index contributed by atoms with van der Waals surface area (Å²) in [4.78, 5) is 14.6. The van der Waals surface area contributed by atoms with Gasteiger partial charge in [0, 0.05) is 39.3 Å². The number of ether oxygens (including phenoxy) is 1. The van der Waals surface area contributed by atoms with Crippen molar-refractivity contribution in [1.82, 2.24) is 15.5 Å². The summed E-state index contributed by atoms with van der Waals surface area (Å²) in [5.41, 5.74) is 3.34. The van der Waals surface area contributed by atoms with Crippen molar-refractivity contribution in [3.63, 3.8) is 0 Å². The fraction of sp³-hybridized carbons (Fsp3) is 0.409. The van der Waals surface area contributed by atoms with Gasteiger partial charge in [0.25, 0.3) is 0 Å². The molecule has 1 amide bonds. The van der Waals surface area contributed by atoms with E-state index in [0.29, 0.717) is 19.6 Å². The molecule has 2 N–H and O–H groups in total. The van der Waals surface area contributed by atoms with Crippen molar-refractivity contribution in [2.45, 2.75) is 20.0 Å². The quantitative estimate of drug-likeness (QED) is 0.711. The van der Waals surface area contributed by atoms with Crippen LogP contribution in [0.15, 0.2) is 48.5 Å². The number of aryl methyl sites for hydroxylation is 1. The molecule has 3 rings (SSSR count). The molecule has 2 aromatic carbocycles. The molecular formula is C22H30ClN3O2. The Morgan fingerprint density at radius 2 is 1.86 bits per heavy atom. The summed E-state index contributed by atoms with van der Waals surface area (Å²) in [6, 6.07) is 16.1. The summed E-state index contributed by atoms with van der Waals surface area (Å²) in [7, 11) is 0. The molecule has 1 saturated heterocycles. The first-order chi connectivity index (χ1) is 13.2. The summed E-state index contributed by atoms with van der Waals surface area (Å²) >= 11 is 0. The van der Waals surface area contributed by atoms with Gasteiger partial charge in [0.15, 0.2) is 0 Å². The summed E-state index contributed by atoms with van der Waals surface area (Å²) in [6.45, 7) is 8.38. The molecule has 1 aliphatic heterocycles. The van der Waals surface area contributed by atoms with Gasteiger partial charge in [-0.1, -0.05) is 42.0 Å². The third-order valence-corrected chi connectivity index (χ3v) is 4.71. The van der Waals surface area contributed by atoms with E-state index in [1.54, 1.807) is 0 Å². The number of carbonyl (C=O) groups is 1. The molecule has 1 aliphatic rings. The zero-order valence-corrected chi connectivity index (χ0v) is 17.3. The molecule has 0 saturated carbocycles. The van der Waals surface area contributed by atoms with E-state index in [0.717, 1.165) is 49.6 Å². The summed E-state index contributed by atoms with van der Waals surface area (Å²) in [5.74, 6) is 0.851. The van der Waals surface area contributed by atoms with E-state index in [9.17, 15) is 4.79 Å². The second-order valence-corrected chi connectivity index (χ2v) is 7.04. The average Bonchev–Trinajstić information content (AvgIpc) is 2.68. The van der Waals surface area contributed by atoms with E-state index < -0.39 is 0 Å². The molecule has 1 fully saturated rings. The minimum atomic E-state index is 0. The Kier molecular flexibility index (Phi) is 9.28. The number of rotatable bonds is 8. The number of hydrogen-bond acceptors (Lipinski definition) is 4. The Hall–Kier alpha value is -2.08. The molecule has 152 valence electrons. The normalized spacial score (nSPS) is 14.2. The van der Waals surface area contributed by atoms with Gasteiger partial charge in [-0.2, -0.15) is 0 Å². The molecule has 0 atom stereocenters. The molecule has 0 radical (unpaired) electrons. The molecule has 2 aromatic rings. The molecule has 1 heterocycles. The maximum Gasteiger partial charge on any atom is 0.224 e. The van der Waals surface area contributed by atoms with Crippen molar-refractivity contribution >= 4 is 18.3 Å². The average molecular weight is 404 g/mol. The maximum atomic E-state index is 12.2. The standard InChI is InChI=1S/C22H29N3O2.ClH/c1-18-4-2-6-20(14-18)17-27-21-7-3-5-19(15-21)16-22(26)24-10-13-25-11-8-23-9-12-25;/h2-7,14-15,23H,8-13,16-17H2,1H3,(H,24,26);1H. The van der Waals surface area contributed by atoms with Crippen LogP contribution in [0.4, 0.5) is 0 Å². The lowest BCUT2D eigenvalue weighted by atomic mass is 10.1. The number of carbonyl (C=O) groups excluding carboxylic acids is 1. The third-order valence-electron chi connectivity index (χ3n) is 4.71. The number of piperazine rings is 1. The highest BCUT2D eigenvalue weighted by atomic mass is 35.5. The van der Waals surface area contributed by atoms with Crippen molar-refractivity contribution < 1.29 is 9.53 Å². The van der Waals surface area contributed by atoms with Crippen molar-refractivity contribution in [2.75, 3.05) is 39.3 Å². The van der Waals surface area contributed by atoms with Crippen LogP contribution in [0.3, 0.4) is 0 Å². The van der Waals surface area contributed by atoms with Crippen LogP contribution in [0, 0.1) is 6.92 Å². The van der Waals surface area contributed by atoms with Crippen LogP contribution in [0.25, 0.3) is 0 Å². The first-order valence-corrected chi connectivity index (χ1v) is 9.66. The Balaban J connectivity index is 0.00000280. The van der Waals surface area contributed by atoms with E-state index in [2.05, 4.69) is 40.7 Å². The van der Waals surface area contributed by atoms with E-state index >= 15 is 0 Å². The second kappa shape index (κ2) is 11.7. The topological polar surface area (TPSA) is 53.6 Å². The molecule has 0 aromatic heterocycles. The van der Waals surface area contributed by atoms with Gasteiger partial charge in [-0.15, -0.1) is 12.4 Å². The largest absolute Gasteiger partial charge is 0.489 e. The number of nitrogens with zero attached hydrogens (tertiary/aromatic N) is 1. The van der Waals surface area contributed by atoms with Crippen LogP contribution in [-0.4, -0.2) is 50.1 Å². The molecule has 28 heavy (non-hydrogen) atoms. The van der Waals surface area contributed by atoms with Gasteiger partial charge in [0.1, 0.15) is 12.4 Å². The fourth-order valence-corrected chi connectivity index (χ4v) is 3.25. The first-order valence-electron chi connectivity index (χ1n) is 9.66. The van der Waals surface area contributed by atoms with Gasteiger partial charge in [-0.3, -0.25) is 9.69 Å². The minimum Gasteiger partial charge on any atom is -0.489 e. The predicted molar refractivity (Wildman–Crippen MR) is 115 cm³/mol. The molecular weight excluding hydrogens is 374 g/mol. The third kappa shape index (κ3) is 7.50. The van der Waals surface area contributed by atoms with E-state index in [1.165, 1.54) is 5.56 Å². The van der Waals surface area contributed by atoms with Gasteiger partial charge in [0.2, 0.25) is 5.91 Å². The van der Waals surface area contributed by atoms with Crippen LogP contribution in [0.5, 0.6) is 5.75 Å². The molecule has 5 nitrogen and oxygen atoms in total. The number of halogens is 1. The van der Waals surface area contributed by atoms with Crippen LogP contribution in [0.1, 0.15) is 16.7 Å². The fourth-order valence-electron chi connectivity index (χ4n) is 3.25. The van der Waals surface area contributed by atoms with Gasteiger partial charge < -0.3 is 15.4 Å². The molecule has 0 bridgehead atoms. The summed E-state index contributed by atoms with van der Waals surface area (Å²) in [5, 5.41) is 6.35. The van der Waals surface area contributed by atoms with Crippen molar-refractivity contribution in [1.29, 1.82) is 0 Å². The highest BCUT2D eigenvalue weighted by Crippen LogP contribution is 2.16. The maximum absolute atomic E-state index is 12.2. The Bertz CT molecular complexity index is 748. The number of amides is 1. The van der Waals surface area contributed by atoms with Crippen molar-refractivity contribution in [3.8, 4) is 5.75 Å². The van der Waals surface area contributed by atoms with Crippen LogP contribution < -0.4 is 15.4 Å². The number of nitrogens with one attached hydrogen (secondary N) is 2. The second-order valence-electron chi connectivity index (χ2n) is 7.04. The van der Waals surface area contributed by atoms with E-state index in [-0.39, 0.29) is 18.3 Å².